The highest BCUT2D eigenvalue weighted by Gasteiger charge is 2.14. The average molecular weight is 275 g/mol. The first-order chi connectivity index (χ1) is 7.78. The number of rotatable bonds is 4. The van der Waals surface area contributed by atoms with Crippen LogP contribution in [0, 0.1) is 0 Å². The lowest BCUT2D eigenvalue weighted by atomic mass is 10.00. The molecule has 0 atom stereocenters. The van der Waals surface area contributed by atoms with Crippen molar-refractivity contribution in [3.05, 3.63) is 28.2 Å². The lowest BCUT2D eigenvalue weighted by Crippen LogP contribution is -2.33. The molecule has 3 N–H and O–H groups in total. The van der Waals surface area contributed by atoms with Crippen molar-refractivity contribution in [3.8, 4) is 0 Å². The molecule has 94 valence electrons. The molecule has 0 aliphatic heterocycles. The number of nitrogens with two attached hydrogens (primary N) is 1. The van der Waals surface area contributed by atoms with E-state index in [1.807, 2.05) is 13.8 Å². The van der Waals surface area contributed by atoms with Gasteiger partial charge in [0.1, 0.15) is 0 Å². The minimum atomic E-state index is -0.346. The molecule has 1 amide bonds. The molecule has 0 heterocycles. The number of halogens is 2. The number of anilines is 1. The van der Waals surface area contributed by atoms with Crippen LogP contribution >= 0.6 is 23.2 Å². The summed E-state index contributed by atoms with van der Waals surface area (Å²) in [4.78, 5) is 11.6. The van der Waals surface area contributed by atoms with Crippen LogP contribution in [0.3, 0.4) is 0 Å². The second-order valence-electron chi connectivity index (χ2n) is 4.66. The van der Waals surface area contributed by atoms with Gasteiger partial charge in [0.05, 0.1) is 10.7 Å². The van der Waals surface area contributed by atoms with Gasteiger partial charge in [-0.3, -0.25) is 4.79 Å². The fourth-order valence-electron chi connectivity index (χ4n) is 1.24. The molecular weight excluding hydrogens is 259 g/mol. The third-order valence-electron chi connectivity index (χ3n) is 2.20. The highest BCUT2D eigenvalue weighted by atomic mass is 35.5. The summed E-state index contributed by atoms with van der Waals surface area (Å²) in [6.45, 7) is 3.77. The Morgan fingerprint density at radius 3 is 2.59 bits per heavy atom. The largest absolute Gasteiger partial charge is 0.326 e. The summed E-state index contributed by atoms with van der Waals surface area (Å²) in [6.07, 6.45) is 0.979. The lowest BCUT2D eigenvalue weighted by molar-refractivity contribution is -0.116. The maximum atomic E-state index is 11.6. The summed E-state index contributed by atoms with van der Waals surface area (Å²) in [5, 5.41) is 3.69. The first-order valence-corrected chi connectivity index (χ1v) is 6.07. The Balaban J connectivity index is 2.57. The van der Waals surface area contributed by atoms with Crippen LogP contribution in [0.1, 0.15) is 26.7 Å². The van der Waals surface area contributed by atoms with E-state index in [1.165, 1.54) is 0 Å². The molecule has 0 aliphatic carbocycles. The maximum Gasteiger partial charge on any atom is 0.224 e. The second-order valence-corrected chi connectivity index (χ2v) is 5.50. The number of carbonyl (C=O) groups is 1. The van der Waals surface area contributed by atoms with Gasteiger partial charge in [0, 0.05) is 17.0 Å². The molecule has 0 unspecified atom stereocenters. The minimum absolute atomic E-state index is 0.104. The Labute approximate surface area is 111 Å². The minimum Gasteiger partial charge on any atom is -0.326 e. The van der Waals surface area contributed by atoms with Crippen LogP contribution in [0.4, 0.5) is 5.69 Å². The number of benzene rings is 1. The first kappa shape index (κ1) is 14.3. The molecule has 0 aliphatic rings. The van der Waals surface area contributed by atoms with E-state index in [4.69, 9.17) is 28.9 Å². The topological polar surface area (TPSA) is 55.1 Å². The molecule has 17 heavy (non-hydrogen) atoms. The Hall–Kier alpha value is -0.770. The van der Waals surface area contributed by atoms with E-state index in [9.17, 15) is 4.79 Å². The van der Waals surface area contributed by atoms with E-state index in [1.54, 1.807) is 18.2 Å². The Bertz CT molecular complexity index is 413. The second kappa shape index (κ2) is 5.71. The Morgan fingerprint density at radius 2 is 2.06 bits per heavy atom. The summed E-state index contributed by atoms with van der Waals surface area (Å²) < 4.78 is 0. The van der Waals surface area contributed by atoms with E-state index in [0.29, 0.717) is 28.6 Å². The lowest BCUT2D eigenvalue weighted by Gasteiger charge is -2.17. The maximum absolute atomic E-state index is 11.6. The van der Waals surface area contributed by atoms with Gasteiger partial charge < -0.3 is 11.1 Å². The molecular formula is C12H16Cl2N2O. The van der Waals surface area contributed by atoms with E-state index >= 15 is 0 Å². The van der Waals surface area contributed by atoms with E-state index in [2.05, 4.69) is 5.32 Å². The molecule has 5 heteroatoms. The molecule has 1 aromatic rings. The van der Waals surface area contributed by atoms with Gasteiger partial charge in [-0.1, -0.05) is 23.2 Å². The van der Waals surface area contributed by atoms with Crippen LogP contribution in [0.2, 0.25) is 10.0 Å². The Kier molecular flexibility index (Phi) is 4.80. The van der Waals surface area contributed by atoms with Gasteiger partial charge >= 0.3 is 0 Å². The van der Waals surface area contributed by atoms with Crippen molar-refractivity contribution in [2.75, 3.05) is 5.32 Å². The fourth-order valence-corrected chi connectivity index (χ4v) is 1.69. The highest BCUT2D eigenvalue weighted by Crippen LogP contribution is 2.25. The van der Waals surface area contributed by atoms with Crippen LogP contribution in [-0.4, -0.2) is 11.4 Å². The van der Waals surface area contributed by atoms with Crippen molar-refractivity contribution in [1.82, 2.24) is 0 Å². The molecule has 0 saturated carbocycles. The van der Waals surface area contributed by atoms with Crippen LogP contribution < -0.4 is 11.1 Å². The summed E-state index contributed by atoms with van der Waals surface area (Å²) in [5.74, 6) is -0.104. The summed E-state index contributed by atoms with van der Waals surface area (Å²) in [5.41, 5.74) is 6.02. The third-order valence-corrected chi connectivity index (χ3v) is 2.75. The van der Waals surface area contributed by atoms with Crippen molar-refractivity contribution in [2.45, 2.75) is 32.2 Å². The molecule has 0 aromatic heterocycles. The van der Waals surface area contributed by atoms with E-state index < -0.39 is 0 Å². The van der Waals surface area contributed by atoms with Crippen LogP contribution in [0.5, 0.6) is 0 Å². The van der Waals surface area contributed by atoms with Crippen molar-refractivity contribution < 1.29 is 4.79 Å². The molecule has 0 fully saturated rings. The number of amides is 1. The van der Waals surface area contributed by atoms with Crippen molar-refractivity contribution >= 4 is 34.8 Å². The fraction of sp³-hybridized carbons (Fsp3) is 0.417. The SMILES string of the molecule is CC(C)(N)CCC(=O)Nc1ccc(Cl)cc1Cl. The van der Waals surface area contributed by atoms with Crippen molar-refractivity contribution in [2.24, 2.45) is 5.73 Å². The zero-order valence-corrected chi connectivity index (χ0v) is 11.4. The number of carbonyl (C=O) groups excluding carboxylic acids is 1. The van der Waals surface area contributed by atoms with Crippen LogP contribution in [0.15, 0.2) is 18.2 Å². The Morgan fingerprint density at radius 1 is 1.41 bits per heavy atom. The van der Waals surface area contributed by atoms with Gasteiger partial charge in [0.15, 0.2) is 0 Å². The molecule has 1 rings (SSSR count). The summed E-state index contributed by atoms with van der Waals surface area (Å²) >= 11 is 11.7. The van der Waals surface area contributed by atoms with Gasteiger partial charge in [0.2, 0.25) is 5.91 Å². The number of hydrogen-bond acceptors (Lipinski definition) is 2. The predicted molar refractivity (Wildman–Crippen MR) is 72.6 cm³/mol. The van der Waals surface area contributed by atoms with Crippen molar-refractivity contribution in [1.29, 1.82) is 0 Å². The van der Waals surface area contributed by atoms with Crippen LogP contribution in [0.25, 0.3) is 0 Å². The zero-order chi connectivity index (χ0) is 13.1. The summed E-state index contributed by atoms with van der Waals surface area (Å²) in [6, 6.07) is 4.94. The summed E-state index contributed by atoms with van der Waals surface area (Å²) in [7, 11) is 0. The van der Waals surface area contributed by atoms with Gasteiger partial charge in [0.25, 0.3) is 0 Å². The van der Waals surface area contributed by atoms with E-state index in [0.717, 1.165) is 0 Å². The standard InChI is InChI=1S/C12H16Cl2N2O/c1-12(2,15)6-5-11(17)16-10-4-3-8(13)7-9(10)14/h3-4,7H,5-6,15H2,1-2H3,(H,16,17). The molecule has 0 radical (unpaired) electrons. The number of hydrogen-bond donors (Lipinski definition) is 2. The third kappa shape index (κ3) is 5.39. The monoisotopic (exact) mass is 274 g/mol. The highest BCUT2D eigenvalue weighted by molar-refractivity contribution is 6.36. The van der Waals surface area contributed by atoms with Crippen LogP contribution in [-0.2, 0) is 4.79 Å². The molecule has 1 aromatic carbocycles. The molecule has 3 nitrogen and oxygen atoms in total. The molecule has 0 bridgehead atoms. The molecule has 0 saturated heterocycles. The first-order valence-electron chi connectivity index (χ1n) is 5.32. The number of nitrogens with one attached hydrogen (secondary N) is 1. The van der Waals surface area contributed by atoms with Gasteiger partial charge in [-0.2, -0.15) is 0 Å². The normalized spacial score (nSPS) is 11.4. The zero-order valence-electron chi connectivity index (χ0n) is 9.89. The average Bonchev–Trinajstić information content (AvgIpc) is 2.18. The van der Waals surface area contributed by atoms with E-state index in [-0.39, 0.29) is 11.4 Å². The quantitative estimate of drug-likeness (QED) is 0.884. The van der Waals surface area contributed by atoms with Gasteiger partial charge in [-0.05, 0) is 38.5 Å². The van der Waals surface area contributed by atoms with Gasteiger partial charge in [-0.15, -0.1) is 0 Å². The van der Waals surface area contributed by atoms with Crippen molar-refractivity contribution in [3.63, 3.8) is 0 Å². The smallest absolute Gasteiger partial charge is 0.224 e. The van der Waals surface area contributed by atoms with Gasteiger partial charge in [-0.25, -0.2) is 0 Å². The molecule has 0 spiro atoms. The predicted octanol–water partition coefficient (Wildman–Crippen LogP) is 3.45.